The van der Waals surface area contributed by atoms with E-state index in [1.165, 1.54) is 0 Å². The van der Waals surface area contributed by atoms with Gasteiger partial charge in [0.1, 0.15) is 11.5 Å². The second-order valence-electron chi connectivity index (χ2n) is 4.75. The third-order valence-electron chi connectivity index (χ3n) is 3.25. The van der Waals surface area contributed by atoms with Gasteiger partial charge in [-0.25, -0.2) is 0 Å². The summed E-state index contributed by atoms with van der Waals surface area (Å²) in [7, 11) is 0. The minimum atomic E-state index is 0.567. The van der Waals surface area contributed by atoms with Crippen molar-refractivity contribution in [3.8, 4) is 11.5 Å². The Morgan fingerprint density at radius 2 is 2.00 bits per heavy atom. The molecule has 1 aromatic heterocycles. The molecular formula is C17H15ClN2O. The van der Waals surface area contributed by atoms with Gasteiger partial charge in [0.05, 0.1) is 5.52 Å². The SMILES string of the molecule is NCCc1ccc(Cl)cc1Oc1ccc2cccnc2c1. The number of benzene rings is 2. The molecule has 4 heteroatoms. The Morgan fingerprint density at radius 3 is 2.86 bits per heavy atom. The number of nitrogens with two attached hydrogens (primary N) is 1. The monoisotopic (exact) mass is 298 g/mol. The number of hydrogen-bond acceptors (Lipinski definition) is 3. The quantitative estimate of drug-likeness (QED) is 0.786. The van der Waals surface area contributed by atoms with Crippen molar-refractivity contribution in [2.24, 2.45) is 5.73 Å². The molecule has 0 saturated heterocycles. The van der Waals surface area contributed by atoms with Crippen molar-refractivity contribution >= 4 is 22.5 Å². The second kappa shape index (κ2) is 6.12. The zero-order valence-electron chi connectivity index (χ0n) is 11.4. The van der Waals surface area contributed by atoms with Crippen LogP contribution in [-0.2, 0) is 6.42 Å². The first-order valence-electron chi connectivity index (χ1n) is 6.77. The first kappa shape index (κ1) is 13.9. The smallest absolute Gasteiger partial charge is 0.132 e. The standard InChI is InChI=1S/C17H15ClN2O/c18-14-5-3-13(7-8-19)17(10-14)21-15-6-4-12-2-1-9-20-16(12)11-15/h1-6,9-11H,7-8,19H2. The van der Waals surface area contributed by atoms with Gasteiger partial charge < -0.3 is 10.5 Å². The number of hydrogen-bond donors (Lipinski definition) is 1. The zero-order chi connectivity index (χ0) is 14.7. The lowest BCUT2D eigenvalue weighted by molar-refractivity contribution is 0.477. The van der Waals surface area contributed by atoms with Gasteiger partial charge in [-0.05, 0) is 48.9 Å². The lowest BCUT2D eigenvalue weighted by atomic mass is 10.1. The van der Waals surface area contributed by atoms with Gasteiger partial charge in [0.2, 0.25) is 0 Å². The number of fused-ring (bicyclic) bond motifs is 1. The third-order valence-corrected chi connectivity index (χ3v) is 3.48. The average Bonchev–Trinajstić information content (AvgIpc) is 2.50. The Hall–Kier alpha value is -2.10. The van der Waals surface area contributed by atoms with Gasteiger partial charge in [-0.2, -0.15) is 0 Å². The summed E-state index contributed by atoms with van der Waals surface area (Å²) in [6.07, 6.45) is 2.52. The molecular weight excluding hydrogens is 284 g/mol. The van der Waals surface area contributed by atoms with Crippen LogP contribution in [0.15, 0.2) is 54.7 Å². The number of rotatable bonds is 4. The van der Waals surface area contributed by atoms with Crippen LogP contribution in [0.5, 0.6) is 11.5 Å². The van der Waals surface area contributed by atoms with Crippen molar-refractivity contribution in [1.82, 2.24) is 4.98 Å². The summed E-state index contributed by atoms with van der Waals surface area (Å²) in [5.41, 5.74) is 7.58. The summed E-state index contributed by atoms with van der Waals surface area (Å²) in [6, 6.07) is 15.4. The fourth-order valence-electron chi connectivity index (χ4n) is 2.22. The van der Waals surface area contributed by atoms with Crippen molar-refractivity contribution in [2.75, 3.05) is 6.54 Å². The van der Waals surface area contributed by atoms with E-state index < -0.39 is 0 Å². The molecule has 3 nitrogen and oxygen atoms in total. The maximum Gasteiger partial charge on any atom is 0.132 e. The number of nitrogens with zero attached hydrogens (tertiary/aromatic N) is 1. The molecule has 0 bridgehead atoms. The van der Waals surface area contributed by atoms with Gasteiger partial charge >= 0.3 is 0 Å². The summed E-state index contributed by atoms with van der Waals surface area (Å²) < 4.78 is 5.97. The lowest BCUT2D eigenvalue weighted by Crippen LogP contribution is -2.04. The first-order chi connectivity index (χ1) is 10.3. The highest BCUT2D eigenvalue weighted by Gasteiger charge is 2.06. The molecule has 0 radical (unpaired) electrons. The molecule has 0 atom stereocenters. The van der Waals surface area contributed by atoms with Crippen LogP contribution in [0.4, 0.5) is 0 Å². The molecule has 2 aromatic carbocycles. The van der Waals surface area contributed by atoms with Crippen LogP contribution in [0.1, 0.15) is 5.56 Å². The van der Waals surface area contributed by atoms with Crippen LogP contribution in [0, 0.1) is 0 Å². The summed E-state index contributed by atoms with van der Waals surface area (Å²) >= 11 is 6.05. The van der Waals surface area contributed by atoms with E-state index in [0.29, 0.717) is 11.6 Å². The van der Waals surface area contributed by atoms with Crippen LogP contribution in [-0.4, -0.2) is 11.5 Å². The van der Waals surface area contributed by atoms with Crippen LogP contribution in [0.25, 0.3) is 10.9 Å². The molecule has 0 aliphatic carbocycles. The number of pyridine rings is 1. The van der Waals surface area contributed by atoms with Crippen molar-refractivity contribution in [3.05, 3.63) is 65.3 Å². The minimum absolute atomic E-state index is 0.567. The van der Waals surface area contributed by atoms with E-state index in [4.69, 9.17) is 22.1 Å². The van der Waals surface area contributed by atoms with Crippen molar-refractivity contribution in [2.45, 2.75) is 6.42 Å². The van der Waals surface area contributed by atoms with Crippen LogP contribution >= 0.6 is 11.6 Å². The fraction of sp³-hybridized carbons (Fsp3) is 0.118. The molecule has 106 valence electrons. The number of aromatic nitrogens is 1. The van der Waals surface area contributed by atoms with E-state index >= 15 is 0 Å². The number of halogens is 1. The van der Waals surface area contributed by atoms with Crippen molar-refractivity contribution < 1.29 is 4.74 Å². The molecule has 2 N–H and O–H groups in total. The Balaban J connectivity index is 1.95. The van der Waals surface area contributed by atoms with E-state index in [0.717, 1.165) is 34.4 Å². The highest BCUT2D eigenvalue weighted by atomic mass is 35.5. The molecule has 3 rings (SSSR count). The molecule has 0 amide bonds. The Morgan fingerprint density at radius 1 is 1.10 bits per heavy atom. The second-order valence-corrected chi connectivity index (χ2v) is 5.19. The highest BCUT2D eigenvalue weighted by molar-refractivity contribution is 6.30. The Labute approximate surface area is 128 Å². The van der Waals surface area contributed by atoms with Crippen LogP contribution in [0.3, 0.4) is 0 Å². The molecule has 0 fully saturated rings. The Bertz CT molecular complexity index is 774. The normalized spacial score (nSPS) is 10.8. The predicted molar refractivity (Wildman–Crippen MR) is 86.0 cm³/mol. The van der Waals surface area contributed by atoms with Gasteiger partial charge in [-0.3, -0.25) is 4.98 Å². The molecule has 0 aliphatic heterocycles. The maximum absolute atomic E-state index is 6.05. The summed E-state index contributed by atoms with van der Waals surface area (Å²) in [6.45, 7) is 0.567. The molecule has 0 aliphatic rings. The van der Waals surface area contributed by atoms with Gasteiger partial charge in [-0.1, -0.05) is 23.7 Å². The minimum Gasteiger partial charge on any atom is -0.457 e. The molecule has 0 saturated carbocycles. The van der Waals surface area contributed by atoms with Gasteiger partial charge in [0.25, 0.3) is 0 Å². The van der Waals surface area contributed by atoms with Crippen molar-refractivity contribution in [3.63, 3.8) is 0 Å². The summed E-state index contributed by atoms with van der Waals surface area (Å²) in [5, 5.41) is 1.72. The average molecular weight is 299 g/mol. The topological polar surface area (TPSA) is 48.1 Å². The maximum atomic E-state index is 6.05. The van der Waals surface area contributed by atoms with E-state index in [-0.39, 0.29) is 0 Å². The van der Waals surface area contributed by atoms with Crippen molar-refractivity contribution in [1.29, 1.82) is 0 Å². The summed E-state index contributed by atoms with van der Waals surface area (Å²) in [4.78, 5) is 4.33. The molecule has 0 unspecified atom stereocenters. The van der Waals surface area contributed by atoms with E-state index in [1.807, 2.05) is 48.5 Å². The van der Waals surface area contributed by atoms with Crippen LogP contribution in [0.2, 0.25) is 5.02 Å². The molecule has 3 aromatic rings. The summed E-state index contributed by atoms with van der Waals surface area (Å²) in [5.74, 6) is 1.48. The zero-order valence-corrected chi connectivity index (χ0v) is 12.2. The largest absolute Gasteiger partial charge is 0.457 e. The third kappa shape index (κ3) is 3.15. The van der Waals surface area contributed by atoms with Gasteiger partial charge in [0, 0.05) is 22.7 Å². The van der Waals surface area contributed by atoms with E-state index in [1.54, 1.807) is 6.20 Å². The Kier molecular flexibility index (Phi) is 4.04. The first-order valence-corrected chi connectivity index (χ1v) is 7.15. The van der Waals surface area contributed by atoms with E-state index in [2.05, 4.69) is 4.98 Å². The van der Waals surface area contributed by atoms with Gasteiger partial charge in [0.15, 0.2) is 0 Å². The predicted octanol–water partition coefficient (Wildman–Crippen LogP) is 4.18. The number of ether oxygens (including phenoxy) is 1. The van der Waals surface area contributed by atoms with E-state index in [9.17, 15) is 0 Å². The lowest BCUT2D eigenvalue weighted by Gasteiger charge is -2.11. The molecule has 0 spiro atoms. The molecule has 21 heavy (non-hydrogen) atoms. The highest BCUT2D eigenvalue weighted by Crippen LogP contribution is 2.30. The molecule has 1 heterocycles. The fourth-order valence-corrected chi connectivity index (χ4v) is 2.38. The van der Waals surface area contributed by atoms with Gasteiger partial charge in [-0.15, -0.1) is 0 Å². The van der Waals surface area contributed by atoms with Crippen LogP contribution < -0.4 is 10.5 Å².